The van der Waals surface area contributed by atoms with Crippen molar-refractivity contribution in [3.8, 4) is 11.5 Å². The van der Waals surface area contributed by atoms with Gasteiger partial charge in [0.25, 0.3) is 0 Å². The molecule has 0 saturated carbocycles. The predicted molar refractivity (Wildman–Crippen MR) is 120 cm³/mol. The summed E-state index contributed by atoms with van der Waals surface area (Å²) in [6.45, 7) is 3.85. The molecule has 0 spiro atoms. The number of hydrogen-bond acceptors (Lipinski definition) is 6. The van der Waals surface area contributed by atoms with E-state index >= 15 is 0 Å². The van der Waals surface area contributed by atoms with Gasteiger partial charge in [-0.2, -0.15) is 0 Å². The molecule has 166 valence electrons. The molecule has 0 bridgehead atoms. The van der Waals surface area contributed by atoms with Gasteiger partial charge in [-0.15, -0.1) is 0 Å². The summed E-state index contributed by atoms with van der Waals surface area (Å²) in [4.78, 5) is 25.1. The molecule has 3 rings (SSSR count). The smallest absolute Gasteiger partial charge is 0.303 e. The summed E-state index contributed by atoms with van der Waals surface area (Å²) in [7, 11) is 0. The maximum atomic E-state index is 13.4. The Morgan fingerprint density at radius 2 is 1.53 bits per heavy atom. The summed E-state index contributed by atoms with van der Waals surface area (Å²) < 4.78 is 16.5. The normalized spacial score (nSPS) is 12.5. The van der Waals surface area contributed by atoms with E-state index in [0.717, 1.165) is 5.56 Å². The number of esters is 1. The predicted octanol–water partition coefficient (Wildman–Crippen LogP) is 4.51. The number of hydrogen-bond donors (Lipinski definition) is 1. The monoisotopic (exact) mass is 434 g/mol. The zero-order valence-electron chi connectivity index (χ0n) is 18.1. The van der Waals surface area contributed by atoms with Crippen LogP contribution in [-0.2, 0) is 16.1 Å². The van der Waals surface area contributed by atoms with E-state index in [0.29, 0.717) is 23.7 Å². The summed E-state index contributed by atoms with van der Waals surface area (Å²) in [5.74, 6) is -0.239. The van der Waals surface area contributed by atoms with Gasteiger partial charge >= 0.3 is 5.97 Å². The van der Waals surface area contributed by atoms with Crippen LogP contribution in [0.2, 0.25) is 0 Å². The molecule has 0 saturated heterocycles. The number of aliphatic hydroxyl groups is 1. The van der Waals surface area contributed by atoms with E-state index in [1.54, 1.807) is 48.5 Å². The van der Waals surface area contributed by atoms with Crippen LogP contribution in [0.5, 0.6) is 11.5 Å². The average molecular weight is 434 g/mol. The third kappa shape index (κ3) is 5.95. The Morgan fingerprint density at radius 3 is 2.19 bits per heavy atom. The van der Waals surface area contributed by atoms with Crippen molar-refractivity contribution in [3.05, 3.63) is 95.6 Å². The molecule has 0 amide bonds. The van der Waals surface area contributed by atoms with Crippen molar-refractivity contribution < 1.29 is 28.9 Å². The molecule has 0 aliphatic heterocycles. The molecule has 32 heavy (non-hydrogen) atoms. The van der Waals surface area contributed by atoms with Crippen molar-refractivity contribution in [2.24, 2.45) is 0 Å². The molecule has 0 radical (unpaired) electrons. The molecule has 3 aromatic carbocycles. The fraction of sp³-hybridized carbons (Fsp3) is 0.231. The Morgan fingerprint density at radius 1 is 0.875 bits per heavy atom. The maximum absolute atomic E-state index is 13.4. The molecule has 6 nitrogen and oxygen atoms in total. The van der Waals surface area contributed by atoms with E-state index in [4.69, 9.17) is 14.2 Å². The second kappa shape index (κ2) is 11.1. The van der Waals surface area contributed by atoms with Crippen molar-refractivity contribution in [2.45, 2.75) is 32.7 Å². The molecule has 0 fully saturated rings. The second-order valence-electron chi connectivity index (χ2n) is 7.11. The number of carbonyl (C=O) groups is 2. The Hall–Kier alpha value is -3.64. The highest BCUT2D eigenvalue weighted by atomic mass is 16.6. The van der Waals surface area contributed by atoms with Gasteiger partial charge in [0.15, 0.2) is 6.10 Å². The topological polar surface area (TPSA) is 82.1 Å². The summed E-state index contributed by atoms with van der Waals surface area (Å²) >= 11 is 0. The van der Waals surface area contributed by atoms with Crippen LogP contribution in [0.1, 0.15) is 41.4 Å². The number of rotatable bonds is 10. The van der Waals surface area contributed by atoms with Crippen molar-refractivity contribution in [1.82, 2.24) is 0 Å². The Labute approximate surface area is 187 Å². The van der Waals surface area contributed by atoms with Crippen LogP contribution in [0.15, 0.2) is 78.9 Å². The minimum atomic E-state index is -1.42. The molecule has 2 atom stereocenters. The van der Waals surface area contributed by atoms with Gasteiger partial charge in [-0.05, 0) is 42.3 Å². The highest BCUT2D eigenvalue weighted by Gasteiger charge is 2.33. The van der Waals surface area contributed by atoms with Gasteiger partial charge in [0.05, 0.1) is 12.2 Å². The fourth-order valence-corrected chi connectivity index (χ4v) is 3.23. The fourth-order valence-electron chi connectivity index (χ4n) is 3.23. The molecule has 2 unspecified atom stereocenters. The lowest BCUT2D eigenvalue weighted by atomic mass is 9.96. The van der Waals surface area contributed by atoms with Crippen LogP contribution in [0.3, 0.4) is 0 Å². The summed E-state index contributed by atoms with van der Waals surface area (Å²) in [5, 5.41) is 10.9. The van der Waals surface area contributed by atoms with Gasteiger partial charge in [0.2, 0.25) is 5.78 Å². The Kier molecular flexibility index (Phi) is 8.00. The number of benzene rings is 3. The molecule has 0 aromatic heterocycles. The van der Waals surface area contributed by atoms with Gasteiger partial charge in [-0.25, -0.2) is 0 Å². The molecule has 3 aromatic rings. The van der Waals surface area contributed by atoms with Crippen LogP contribution in [0.25, 0.3) is 0 Å². The zero-order valence-corrected chi connectivity index (χ0v) is 18.1. The van der Waals surface area contributed by atoms with E-state index in [-0.39, 0.29) is 12.2 Å². The van der Waals surface area contributed by atoms with Crippen LogP contribution in [0.4, 0.5) is 0 Å². The van der Waals surface area contributed by atoms with Gasteiger partial charge in [-0.1, -0.05) is 54.6 Å². The number of ether oxygens (including phenoxy) is 3. The molecule has 0 aliphatic carbocycles. The van der Waals surface area contributed by atoms with Crippen molar-refractivity contribution >= 4 is 11.8 Å². The summed E-state index contributed by atoms with van der Waals surface area (Å²) in [5.41, 5.74) is 1.59. The van der Waals surface area contributed by atoms with Gasteiger partial charge < -0.3 is 19.3 Å². The van der Waals surface area contributed by atoms with Gasteiger partial charge in [0, 0.05) is 6.92 Å². The van der Waals surface area contributed by atoms with Gasteiger partial charge in [0.1, 0.15) is 24.2 Å². The van der Waals surface area contributed by atoms with Crippen molar-refractivity contribution in [1.29, 1.82) is 0 Å². The summed E-state index contributed by atoms with van der Waals surface area (Å²) in [6.07, 6.45) is -2.78. The molecule has 6 heteroatoms. The first-order chi connectivity index (χ1) is 15.5. The minimum Gasteiger partial charge on any atom is -0.494 e. The molecular formula is C26H26O6. The quantitative estimate of drug-likeness (QED) is 0.373. The van der Waals surface area contributed by atoms with Crippen LogP contribution in [-0.4, -0.2) is 29.6 Å². The van der Waals surface area contributed by atoms with Crippen LogP contribution < -0.4 is 9.47 Å². The minimum absolute atomic E-state index is 0.222. The number of ketones is 1. The number of aliphatic hydroxyl groups excluding tert-OH is 1. The third-order valence-electron chi connectivity index (χ3n) is 4.76. The largest absolute Gasteiger partial charge is 0.494 e. The van der Waals surface area contributed by atoms with Crippen LogP contribution in [0, 0.1) is 0 Å². The van der Waals surface area contributed by atoms with Crippen LogP contribution >= 0.6 is 0 Å². The average Bonchev–Trinajstić information content (AvgIpc) is 2.82. The maximum Gasteiger partial charge on any atom is 0.303 e. The first kappa shape index (κ1) is 23.0. The van der Waals surface area contributed by atoms with E-state index < -0.39 is 24.0 Å². The van der Waals surface area contributed by atoms with E-state index in [2.05, 4.69) is 0 Å². The highest BCUT2D eigenvalue weighted by molar-refractivity contribution is 6.03. The Bertz CT molecular complexity index is 1030. The lowest BCUT2D eigenvalue weighted by Crippen LogP contribution is -2.33. The molecular weight excluding hydrogens is 408 g/mol. The van der Waals surface area contributed by atoms with E-state index in [1.165, 1.54) is 6.92 Å². The third-order valence-corrected chi connectivity index (χ3v) is 4.76. The lowest BCUT2D eigenvalue weighted by molar-refractivity contribution is -0.149. The first-order valence-corrected chi connectivity index (χ1v) is 10.4. The lowest BCUT2D eigenvalue weighted by Gasteiger charge is -2.23. The number of para-hydroxylation sites is 1. The zero-order chi connectivity index (χ0) is 22.9. The van der Waals surface area contributed by atoms with Crippen molar-refractivity contribution in [3.63, 3.8) is 0 Å². The Balaban J connectivity index is 1.84. The van der Waals surface area contributed by atoms with Gasteiger partial charge in [-0.3, -0.25) is 9.59 Å². The van der Waals surface area contributed by atoms with E-state index in [9.17, 15) is 14.7 Å². The standard InChI is InChI=1S/C26H26O6/c1-3-30-21-15-13-20(14-16-21)24(28)26(32-18(2)27)25(29)22-11-7-8-12-23(22)31-17-19-9-5-4-6-10-19/h4-16,24,26,28H,3,17H2,1-2H3. The number of carbonyl (C=O) groups excluding carboxylic acids is 2. The van der Waals surface area contributed by atoms with Crippen molar-refractivity contribution in [2.75, 3.05) is 6.61 Å². The number of Topliss-reactive ketones (excluding diaryl/α,β-unsaturated/α-hetero) is 1. The molecule has 1 N–H and O–H groups in total. The highest BCUT2D eigenvalue weighted by Crippen LogP contribution is 2.28. The molecule has 0 aliphatic rings. The SMILES string of the molecule is CCOc1ccc(C(O)C(OC(C)=O)C(=O)c2ccccc2OCc2ccccc2)cc1. The second-order valence-corrected chi connectivity index (χ2v) is 7.11. The van der Waals surface area contributed by atoms with E-state index in [1.807, 2.05) is 37.3 Å². The first-order valence-electron chi connectivity index (χ1n) is 10.4. The molecule has 0 heterocycles. The summed E-state index contributed by atoms with van der Waals surface area (Å²) in [6, 6.07) is 22.9.